The molecule has 0 radical (unpaired) electrons. The van der Waals surface area contributed by atoms with Gasteiger partial charge in [0.05, 0.1) is 17.0 Å². The molecular weight excluding hydrogens is 240 g/mol. The molecule has 98 valence electrons. The third-order valence-electron chi connectivity index (χ3n) is 3.22. The van der Waals surface area contributed by atoms with Crippen LogP contribution in [0.5, 0.6) is 0 Å². The molecule has 0 amide bonds. The van der Waals surface area contributed by atoms with E-state index in [1.807, 2.05) is 13.2 Å². The highest BCUT2D eigenvalue weighted by molar-refractivity contribution is 7.92. The van der Waals surface area contributed by atoms with E-state index in [4.69, 9.17) is 0 Å². The van der Waals surface area contributed by atoms with Crippen molar-refractivity contribution in [2.75, 3.05) is 6.26 Å². The van der Waals surface area contributed by atoms with E-state index in [1.54, 1.807) is 24.7 Å². The highest BCUT2D eigenvalue weighted by Crippen LogP contribution is 2.23. The van der Waals surface area contributed by atoms with Gasteiger partial charge in [-0.3, -0.25) is 4.68 Å². The van der Waals surface area contributed by atoms with Gasteiger partial charge in [-0.15, -0.1) is 0 Å². The van der Waals surface area contributed by atoms with Crippen molar-refractivity contribution in [2.45, 2.75) is 37.5 Å². The second-order valence-corrected chi connectivity index (χ2v) is 7.55. The maximum absolute atomic E-state index is 11.5. The molecule has 0 fully saturated rings. The van der Waals surface area contributed by atoms with Crippen LogP contribution in [0.15, 0.2) is 12.4 Å². The first-order valence-corrected chi connectivity index (χ1v) is 7.39. The number of rotatable bonds is 5. The highest BCUT2D eigenvalue weighted by atomic mass is 32.2. The van der Waals surface area contributed by atoms with E-state index in [2.05, 4.69) is 5.10 Å². The van der Waals surface area contributed by atoms with Crippen LogP contribution < -0.4 is 0 Å². The van der Waals surface area contributed by atoms with Gasteiger partial charge in [0.15, 0.2) is 9.84 Å². The van der Waals surface area contributed by atoms with Gasteiger partial charge in [-0.2, -0.15) is 5.10 Å². The lowest BCUT2D eigenvalue weighted by molar-refractivity contribution is 0.128. The monoisotopic (exact) mass is 260 g/mol. The molecule has 1 rings (SSSR count). The second kappa shape index (κ2) is 4.78. The summed E-state index contributed by atoms with van der Waals surface area (Å²) in [5, 5.41) is 14.0. The van der Waals surface area contributed by atoms with Crippen LogP contribution in [0.1, 0.15) is 25.8 Å². The molecule has 1 aromatic heterocycles. The molecule has 0 aliphatic rings. The van der Waals surface area contributed by atoms with Crippen molar-refractivity contribution < 1.29 is 13.5 Å². The average molecular weight is 260 g/mol. The minimum absolute atomic E-state index is 0.408. The van der Waals surface area contributed by atoms with Crippen molar-refractivity contribution in [3.05, 3.63) is 18.0 Å². The predicted molar refractivity (Wildman–Crippen MR) is 66.5 cm³/mol. The van der Waals surface area contributed by atoms with Gasteiger partial charge in [-0.1, -0.05) is 0 Å². The van der Waals surface area contributed by atoms with Crippen LogP contribution >= 0.6 is 0 Å². The first kappa shape index (κ1) is 14.2. The highest BCUT2D eigenvalue weighted by Gasteiger charge is 2.37. The van der Waals surface area contributed by atoms with Crippen molar-refractivity contribution >= 4 is 9.84 Å². The lowest BCUT2D eigenvalue weighted by atomic mass is 10.00. The molecule has 1 N–H and O–H groups in total. The maximum atomic E-state index is 11.5. The molecule has 0 saturated heterocycles. The molecule has 17 heavy (non-hydrogen) atoms. The number of nitrogens with zero attached hydrogens (tertiary/aromatic N) is 2. The average Bonchev–Trinajstić information content (AvgIpc) is 2.58. The first-order chi connectivity index (χ1) is 7.64. The maximum Gasteiger partial charge on any atom is 0.155 e. The standard InChI is InChI=1S/C11H20N2O3S/c1-11(2,17(4,15)16)10(14)6-5-9-7-12-13(3)8-9/h7-8,10,14H,5-6H2,1-4H3. The quantitative estimate of drug-likeness (QED) is 0.838. The van der Waals surface area contributed by atoms with Gasteiger partial charge in [-0.25, -0.2) is 8.42 Å². The number of aliphatic hydroxyl groups is 1. The summed E-state index contributed by atoms with van der Waals surface area (Å²) in [7, 11) is -1.45. The van der Waals surface area contributed by atoms with Crippen molar-refractivity contribution in [2.24, 2.45) is 7.05 Å². The Bertz CT molecular complexity index is 477. The Morgan fingerprint density at radius 2 is 2.12 bits per heavy atom. The fourth-order valence-electron chi connectivity index (χ4n) is 1.50. The largest absolute Gasteiger partial charge is 0.391 e. The minimum atomic E-state index is -3.27. The second-order valence-electron chi connectivity index (χ2n) is 4.95. The Hall–Kier alpha value is -0.880. The topological polar surface area (TPSA) is 72.2 Å². The molecule has 5 nitrogen and oxygen atoms in total. The van der Waals surface area contributed by atoms with Gasteiger partial charge in [0.2, 0.25) is 0 Å². The zero-order valence-corrected chi connectivity index (χ0v) is 11.5. The molecule has 0 aromatic carbocycles. The molecular formula is C11H20N2O3S. The molecule has 1 heterocycles. The Balaban J connectivity index is 2.64. The summed E-state index contributed by atoms with van der Waals surface area (Å²) in [5.41, 5.74) is 0.996. The number of aromatic nitrogens is 2. The van der Waals surface area contributed by atoms with E-state index in [9.17, 15) is 13.5 Å². The lowest BCUT2D eigenvalue weighted by Gasteiger charge is -2.28. The molecule has 1 aromatic rings. The minimum Gasteiger partial charge on any atom is -0.391 e. The van der Waals surface area contributed by atoms with Crippen LogP contribution in [0.3, 0.4) is 0 Å². The van der Waals surface area contributed by atoms with Gasteiger partial charge in [0.1, 0.15) is 0 Å². The van der Waals surface area contributed by atoms with Gasteiger partial charge in [0.25, 0.3) is 0 Å². The van der Waals surface area contributed by atoms with Crippen molar-refractivity contribution in [3.63, 3.8) is 0 Å². The number of hydrogen-bond donors (Lipinski definition) is 1. The lowest BCUT2D eigenvalue weighted by Crippen LogP contribution is -2.43. The summed E-state index contributed by atoms with van der Waals surface area (Å²) in [6.07, 6.45) is 4.89. The normalized spacial score (nSPS) is 14.9. The Morgan fingerprint density at radius 1 is 1.53 bits per heavy atom. The van der Waals surface area contributed by atoms with Gasteiger partial charge < -0.3 is 5.11 Å². The summed E-state index contributed by atoms with van der Waals surface area (Å²) in [4.78, 5) is 0. The van der Waals surface area contributed by atoms with Crippen LogP contribution in [0.25, 0.3) is 0 Å². The third-order valence-corrected chi connectivity index (χ3v) is 5.41. The molecule has 6 heteroatoms. The molecule has 0 spiro atoms. The summed E-state index contributed by atoms with van der Waals surface area (Å²) < 4.78 is 23.6. The number of hydrogen-bond acceptors (Lipinski definition) is 4. The fraction of sp³-hybridized carbons (Fsp3) is 0.727. The summed E-state index contributed by atoms with van der Waals surface area (Å²) in [6.45, 7) is 3.10. The Kier molecular flexibility index (Phi) is 3.99. The summed E-state index contributed by atoms with van der Waals surface area (Å²) >= 11 is 0. The Morgan fingerprint density at radius 3 is 2.53 bits per heavy atom. The van der Waals surface area contributed by atoms with E-state index in [0.717, 1.165) is 11.8 Å². The smallest absolute Gasteiger partial charge is 0.155 e. The Labute approximate surface area is 102 Å². The molecule has 1 unspecified atom stereocenters. The van der Waals surface area contributed by atoms with Gasteiger partial charge in [-0.05, 0) is 32.3 Å². The molecule has 0 aliphatic carbocycles. The van der Waals surface area contributed by atoms with Gasteiger partial charge >= 0.3 is 0 Å². The number of aryl methyl sites for hydroxylation is 2. The molecule has 0 saturated carbocycles. The van der Waals surface area contributed by atoms with Crippen LogP contribution in [0.4, 0.5) is 0 Å². The number of sulfone groups is 1. The van der Waals surface area contributed by atoms with E-state index in [1.165, 1.54) is 0 Å². The van der Waals surface area contributed by atoms with Crippen LogP contribution in [0, 0.1) is 0 Å². The molecule has 0 bridgehead atoms. The SMILES string of the molecule is Cn1cc(CCC(O)C(C)(C)S(C)(=O)=O)cn1. The van der Waals surface area contributed by atoms with Crippen molar-refractivity contribution in [3.8, 4) is 0 Å². The predicted octanol–water partition coefficient (Wildman–Crippen LogP) is 0.537. The zero-order chi connectivity index (χ0) is 13.3. The molecule has 0 aliphatic heterocycles. The van der Waals surface area contributed by atoms with Crippen molar-refractivity contribution in [1.82, 2.24) is 9.78 Å². The first-order valence-electron chi connectivity index (χ1n) is 5.50. The van der Waals surface area contributed by atoms with Gasteiger partial charge in [0, 0.05) is 19.5 Å². The van der Waals surface area contributed by atoms with Crippen LogP contribution in [0.2, 0.25) is 0 Å². The van der Waals surface area contributed by atoms with E-state index in [0.29, 0.717) is 12.8 Å². The fourth-order valence-corrected chi connectivity index (χ4v) is 2.11. The van der Waals surface area contributed by atoms with E-state index in [-0.39, 0.29) is 0 Å². The third kappa shape index (κ3) is 3.29. The van der Waals surface area contributed by atoms with Crippen LogP contribution in [-0.4, -0.2) is 40.4 Å². The van der Waals surface area contributed by atoms with E-state index >= 15 is 0 Å². The summed E-state index contributed by atoms with van der Waals surface area (Å²) in [6, 6.07) is 0. The van der Waals surface area contributed by atoms with Crippen molar-refractivity contribution in [1.29, 1.82) is 0 Å². The van der Waals surface area contributed by atoms with E-state index < -0.39 is 20.7 Å². The molecule has 1 atom stereocenters. The van der Waals surface area contributed by atoms with Crippen LogP contribution in [-0.2, 0) is 23.3 Å². The summed E-state index contributed by atoms with van der Waals surface area (Å²) in [5.74, 6) is 0. The zero-order valence-electron chi connectivity index (χ0n) is 10.7. The number of aliphatic hydroxyl groups excluding tert-OH is 1.